The summed E-state index contributed by atoms with van der Waals surface area (Å²) in [5, 5.41) is 13.1. The van der Waals surface area contributed by atoms with Crippen molar-refractivity contribution in [1.82, 2.24) is 5.32 Å². The Morgan fingerprint density at radius 3 is 2.88 bits per heavy atom. The quantitative estimate of drug-likeness (QED) is 0.587. The number of aryl methyl sites for hydroxylation is 1. The van der Waals surface area contributed by atoms with Gasteiger partial charge in [-0.3, -0.25) is 0 Å². The zero-order chi connectivity index (χ0) is 12.0. The largest absolute Gasteiger partial charge is 0.508 e. The van der Waals surface area contributed by atoms with Gasteiger partial charge in [0.2, 0.25) is 0 Å². The summed E-state index contributed by atoms with van der Waals surface area (Å²) in [4.78, 5) is 0. The van der Waals surface area contributed by atoms with E-state index in [-0.39, 0.29) is 6.04 Å². The van der Waals surface area contributed by atoms with Gasteiger partial charge in [0.25, 0.3) is 0 Å². The van der Waals surface area contributed by atoms with Crippen molar-refractivity contribution in [3.8, 4) is 18.1 Å². The lowest BCUT2D eigenvalue weighted by molar-refractivity contribution is 0.451. The van der Waals surface area contributed by atoms with Gasteiger partial charge in [-0.2, -0.15) is 0 Å². The van der Waals surface area contributed by atoms with E-state index in [1.165, 1.54) is 0 Å². The minimum absolute atomic E-state index is 0.151. The van der Waals surface area contributed by atoms with Crippen molar-refractivity contribution >= 4 is 0 Å². The highest BCUT2D eigenvalue weighted by Gasteiger charge is 2.08. The van der Waals surface area contributed by atoms with Crippen molar-refractivity contribution < 1.29 is 5.11 Å². The minimum Gasteiger partial charge on any atom is -0.508 e. The Kier molecular flexibility index (Phi) is 4.88. The Bertz CT molecular complexity index is 379. The molecule has 0 fully saturated rings. The molecule has 2 N–H and O–H groups in total. The van der Waals surface area contributed by atoms with Crippen LogP contribution in [-0.4, -0.2) is 11.7 Å². The molecule has 0 aliphatic carbocycles. The number of benzene rings is 1. The van der Waals surface area contributed by atoms with Crippen LogP contribution in [0.2, 0.25) is 0 Å². The standard InChI is InChI=1S/C14H19NO/c1-4-5-6-9-15-12(3)13-8-7-11(2)10-14(13)16/h1,7-8,10,12,15-16H,5-6,9H2,2-3H3. The molecule has 0 aliphatic rings. The van der Waals surface area contributed by atoms with Crippen molar-refractivity contribution in [2.24, 2.45) is 0 Å². The molecular formula is C14H19NO. The predicted octanol–water partition coefficient (Wildman–Crippen LogP) is 2.76. The van der Waals surface area contributed by atoms with Gasteiger partial charge in [0, 0.05) is 18.0 Å². The van der Waals surface area contributed by atoms with Crippen LogP contribution >= 0.6 is 0 Å². The highest BCUT2D eigenvalue weighted by atomic mass is 16.3. The number of phenols is 1. The Hall–Kier alpha value is -1.46. The van der Waals surface area contributed by atoms with Gasteiger partial charge in [-0.05, 0) is 38.4 Å². The van der Waals surface area contributed by atoms with Crippen LogP contribution in [0.4, 0.5) is 0 Å². The Balaban J connectivity index is 2.53. The molecule has 0 aliphatic heterocycles. The zero-order valence-corrected chi connectivity index (χ0v) is 9.96. The van der Waals surface area contributed by atoms with Crippen LogP contribution in [0.15, 0.2) is 18.2 Å². The first-order chi connectivity index (χ1) is 7.65. The molecule has 86 valence electrons. The van der Waals surface area contributed by atoms with Crippen molar-refractivity contribution in [2.75, 3.05) is 6.54 Å². The van der Waals surface area contributed by atoms with Gasteiger partial charge >= 0.3 is 0 Å². The number of aromatic hydroxyl groups is 1. The van der Waals surface area contributed by atoms with Crippen LogP contribution in [0, 0.1) is 19.3 Å². The molecule has 1 atom stereocenters. The topological polar surface area (TPSA) is 32.3 Å². The molecule has 1 rings (SSSR count). The lowest BCUT2D eigenvalue weighted by Gasteiger charge is -2.15. The lowest BCUT2D eigenvalue weighted by atomic mass is 10.0. The Morgan fingerprint density at radius 2 is 2.25 bits per heavy atom. The molecule has 2 nitrogen and oxygen atoms in total. The summed E-state index contributed by atoms with van der Waals surface area (Å²) >= 11 is 0. The Morgan fingerprint density at radius 1 is 1.50 bits per heavy atom. The van der Waals surface area contributed by atoms with Crippen molar-refractivity contribution in [2.45, 2.75) is 32.7 Å². The molecule has 1 aromatic carbocycles. The summed E-state index contributed by atoms with van der Waals surface area (Å²) in [6.45, 7) is 4.88. The fraction of sp³-hybridized carbons (Fsp3) is 0.429. The first-order valence-corrected chi connectivity index (χ1v) is 5.61. The molecular weight excluding hydrogens is 198 g/mol. The SMILES string of the molecule is C#CCCCNC(C)c1ccc(C)cc1O. The van der Waals surface area contributed by atoms with Gasteiger partial charge in [-0.1, -0.05) is 12.1 Å². The highest BCUT2D eigenvalue weighted by Crippen LogP contribution is 2.24. The van der Waals surface area contributed by atoms with Crippen molar-refractivity contribution in [1.29, 1.82) is 0 Å². The molecule has 0 bridgehead atoms. The van der Waals surface area contributed by atoms with Crippen LogP contribution in [-0.2, 0) is 0 Å². The number of hydrogen-bond donors (Lipinski definition) is 2. The van der Waals surface area contributed by atoms with Crippen LogP contribution in [0.25, 0.3) is 0 Å². The van der Waals surface area contributed by atoms with E-state index >= 15 is 0 Å². The second kappa shape index (κ2) is 6.19. The number of rotatable bonds is 5. The first kappa shape index (κ1) is 12.6. The molecule has 1 unspecified atom stereocenters. The highest BCUT2D eigenvalue weighted by molar-refractivity contribution is 5.37. The summed E-state index contributed by atoms with van der Waals surface area (Å²) in [7, 11) is 0. The average molecular weight is 217 g/mol. The van der Waals surface area contributed by atoms with E-state index in [0.29, 0.717) is 5.75 Å². The molecule has 0 heterocycles. The predicted molar refractivity (Wildman–Crippen MR) is 67.3 cm³/mol. The van der Waals surface area contributed by atoms with Crippen LogP contribution in [0.1, 0.15) is 36.9 Å². The van der Waals surface area contributed by atoms with Gasteiger partial charge in [0.1, 0.15) is 5.75 Å². The van der Waals surface area contributed by atoms with Crippen molar-refractivity contribution in [3.63, 3.8) is 0 Å². The maximum absolute atomic E-state index is 9.79. The average Bonchev–Trinajstić information content (AvgIpc) is 2.24. The molecule has 0 aromatic heterocycles. The number of phenolic OH excluding ortho intramolecular Hbond substituents is 1. The van der Waals surface area contributed by atoms with Crippen LogP contribution in [0.5, 0.6) is 5.75 Å². The molecule has 0 spiro atoms. The number of terminal acetylenes is 1. The number of nitrogens with one attached hydrogen (secondary N) is 1. The summed E-state index contributed by atoms with van der Waals surface area (Å²) in [6.07, 6.45) is 6.94. The summed E-state index contributed by atoms with van der Waals surface area (Å²) < 4.78 is 0. The molecule has 0 saturated heterocycles. The summed E-state index contributed by atoms with van der Waals surface area (Å²) in [5.41, 5.74) is 2.01. The fourth-order valence-electron chi connectivity index (χ4n) is 1.64. The summed E-state index contributed by atoms with van der Waals surface area (Å²) in [5.74, 6) is 2.97. The van der Waals surface area contributed by atoms with E-state index < -0.39 is 0 Å². The third-order valence-electron chi connectivity index (χ3n) is 2.60. The molecule has 2 heteroatoms. The van der Waals surface area contributed by atoms with E-state index in [0.717, 1.165) is 30.5 Å². The maximum atomic E-state index is 9.79. The van der Waals surface area contributed by atoms with E-state index in [4.69, 9.17) is 6.42 Å². The van der Waals surface area contributed by atoms with Gasteiger partial charge in [-0.15, -0.1) is 12.3 Å². The normalized spacial score (nSPS) is 12.1. The third kappa shape index (κ3) is 3.60. The molecule has 16 heavy (non-hydrogen) atoms. The fourth-order valence-corrected chi connectivity index (χ4v) is 1.64. The number of unbranched alkanes of at least 4 members (excludes halogenated alkanes) is 1. The molecule has 0 amide bonds. The van der Waals surface area contributed by atoms with Gasteiger partial charge in [0.05, 0.1) is 0 Å². The smallest absolute Gasteiger partial charge is 0.120 e. The number of hydrogen-bond acceptors (Lipinski definition) is 2. The second-order valence-electron chi connectivity index (χ2n) is 4.05. The zero-order valence-electron chi connectivity index (χ0n) is 9.96. The third-order valence-corrected chi connectivity index (χ3v) is 2.60. The van der Waals surface area contributed by atoms with Gasteiger partial charge in [0.15, 0.2) is 0 Å². The Labute approximate surface area is 97.7 Å². The van der Waals surface area contributed by atoms with E-state index in [2.05, 4.69) is 11.2 Å². The first-order valence-electron chi connectivity index (χ1n) is 5.61. The van der Waals surface area contributed by atoms with Crippen molar-refractivity contribution in [3.05, 3.63) is 29.3 Å². The lowest BCUT2D eigenvalue weighted by Crippen LogP contribution is -2.19. The summed E-state index contributed by atoms with van der Waals surface area (Å²) in [6, 6.07) is 5.91. The van der Waals surface area contributed by atoms with E-state index in [9.17, 15) is 5.11 Å². The molecule has 0 radical (unpaired) electrons. The van der Waals surface area contributed by atoms with Gasteiger partial charge < -0.3 is 10.4 Å². The molecule has 0 saturated carbocycles. The van der Waals surface area contributed by atoms with E-state index in [1.807, 2.05) is 26.0 Å². The van der Waals surface area contributed by atoms with Crippen LogP contribution in [0.3, 0.4) is 0 Å². The van der Waals surface area contributed by atoms with Gasteiger partial charge in [-0.25, -0.2) is 0 Å². The molecule has 1 aromatic rings. The van der Waals surface area contributed by atoms with E-state index in [1.54, 1.807) is 6.07 Å². The second-order valence-corrected chi connectivity index (χ2v) is 4.05. The monoisotopic (exact) mass is 217 g/mol. The maximum Gasteiger partial charge on any atom is 0.120 e. The minimum atomic E-state index is 0.151. The van der Waals surface area contributed by atoms with Crippen LogP contribution < -0.4 is 5.32 Å².